The van der Waals surface area contributed by atoms with Crippen molar-refractivity contribution < 1.29 is 23.7 Å². The Hall–Kier alpha value is -2.99. The minimum Gasteiger partial charge on any atom is -0.475 e. The zero-order chi connectivity index (χ0) is 29.0. The van der Waals surface area contributed by atoms with Gasteiger partial charge in [-0.2, -0.15) is 0 Å². The first-order chi connectivity index (χ1) is 19.9. The Morgan fingerprint density at radius 1 is 1.00 bits per heavy atom. The topological polar surface area (TPSA) is 121 Å². The molecule has 2 aromatic carbocycles. The van der Waals surface area contributed by atoms with Crippen molar-refractivity contribution in [2.24, 2.45) is 5.73 Å². The van der Waals surface area contributed by atoms with Crippen LogP contribution in [0.15, 0.2) is 48.8 Å². The molecule has 0 aliphatic carbocycles. The third kappa shape index (κ3) is 9.53. The number of nitrogens with two attached hydrogens (primary N) is 1. The van der Waals surface area contributed by atoms with Crippen LogP contribution in [-0.4, -0.2) is 87.3 Å². The van der Waals surface area contributed by atoms with Gasteiger partial charge in [-0.05, 0) is 41.9 Å². The van der Waals surface area contributed by atoms with Crippen molar-refractivity contribution in [3.05, 3.63) is 75.5 Å². The average molecular weight is 605 g/mol. The molecule has 1 atom stereocenters. The molecule has 0 saturated heterocycles. The highest BCUT2D eigenvalue weighted by molar-refractivity contribution is 6.35. The molecule has 0 fully saturated rings. The Morgan fingerprint density at radius 3 is 2.49 bits per heavy atom. The first-order valence-electron chi connectivity index (χ1n) is 13.4. The van der Waals surface area contributed by atoms with Crippen molar-refractivity contribution in [1.29, 1.82) is 0 Å². The number of primary amides is 1. The lowest BCUT2D eigenvalue weighted by Gasteiger charge is -2.33. The quantitative estimate of drug-likeness (QED) is 0.249. The number of nitrogens with zero attached hydrogens (tertiary/aromatic N) is 3. The summed E-state index contributed by atoms with van der Waals surface area (Å²) in [6, 6.07) is 13.4. The molecule has 0 unspecified atom stereocenters. The molecule has 220 valence electrons. The lowest BCUT2D eigenvalue weighted by Crippen LogP contribution is -2.32. The minimum absolute atomic E-state index is 0.136. The number of nitrogens with one attached hydrogen (secondary N) is 1. The second kappa shape index (κ2) is 15.9. The van der Waals surface area contributed by atoms with Crippen molar-refractivity contribution in [3.63, 3.8) is 0 Å². The molecule has 0 bridgehead atoms. The van der Waals surface area contributed by atoms with Crippen molar-refractivity contribution in [1.82, 2.24) is 20.2 Å². The molecule has 2 heterocycles. The number of amides is 2. The van der Waals surface area contributed by atoms with Crippen LogP contribution < -0.4 is 15.8 Å². The van der Waals surface area contributed by atoms with Gasteiger partial charge in [-0.15, -0.1) is 0 Å². The van der Waals surface area contributed by atoms with E-state index in [1.54, 1.807) is 0 Å². The van der Waals surface area contributed by atoms with Crippen molar-refractivity contribution in [2.45, 2.75) is 12.5 Å². The van der Waals surface area contributed by atoms with E-state index in [2.05, 4.69) is 39.4 Å². The van der Waals surface area contributed by atoms with Gasteiger partial charge in [0.15, 0.2) is 0 Å². The molecule has 4 rings (SSSR count). The van der Waals surface area contributed by atoms with E-state index < -0.39 is 6.03 Å². The summed E-state index contributed by atoms with van der Waals surface area (Å²) in [6.07, 6.45) is 1.50. The lowest BCUT2D eigenvalue weighted by molar-refractivity contribution is 0.00984. The van der Waals surface area contributed by atoms with E-state index >= 15 is 0 Å². The van der Waals surface area contributed by atoms with Gasteiger partial charge >= 0.3 is 6.03 Å². The summed E-state index contributed by atoms with van der Waals surface area (Å²) in [4.78, 5) is 21.5. The summed E-state index contributed by atoms with van der Waals surface area (Å²) >= 11 is 12.9. The fraction of sp³-hybridized carbons (Fsp3) is 0.414. The van der Waals surface area contributed by atoms with Crippen LogP contribution in [-0.2, 0) is 20.8 Å². The minimum atomic E-state index is -0.566. The molecule has 1 aromatic heterocycles. The summed E-state index contributed by atoms with van der Waals surface area (Å²) in [5.41, 5.74) is 10.2. The van der Waals surface area contributed by atoms with E-state index in [0.29, 0.717) is 68.7 Å². The normalized spacial score (nSPS) is 15.0. The fourth-order valence-electron chi connectivity index (χ4n) is 4.62. The van der Waals surface area contributed by atoms with Crippen LogP contribution in [0.25, 0.3) is 11.3 Å². The van der Waals surface area contributed by atoms with E-state index in [4.69, 9.17) is 47.9 Å². The highest BCUT2D eigenvalue weighted by Crippen LogP contribution is 2.39. The smallest absolute Gasteiger partial charge is 0.312 e. The Bertz CT molecular complexity index is 1300. The highest BCUT2D eigenvalue weighted by atomic mass is 35.5. The standard InChI is InChI=1S/C29H35Cl2N5O5/c1-36-17-24(23-14-22(30)15-26(31)25(23)18-36)20-3-2-4-21(13-20)27-16-28(35-19-34-27)41-12-11-40-10-9-39-8-7-38-6-5-33-29(32)37/h2-4,13-16,19,24H,5-12,17-18H2,1H3,(H3,32,33,37)/t24-/m0/s1. The molecule has 0 spiro atoms. The summed E-state index contributed by atoms with van der Waals surface area (Å²) < 4.78 is 22.1. The van der Waals surface area contributed by atoms with Gasteiger partial charge in [-0.3, -0.25) is 0 Å². The van der Waals surface area contributed by atoms with Gasteiger partial charge in [-0.25, -0.2) is 14.8 Å². The first-order valence-corrected chi connectivity index (χ1v) is 14.1. The number of benzene rings is 2. The maximum atomic E-state index is 10.5. The molecule has 41 heavy (non-hydrogen) atoms. The van der Waals surface area contributed by atoms with E-state index in [9.17, 15) is 4.79 Å². The van der Waals surface area contributed by atoms with Crippen molar-refractivity contribution in [3.8, 4) is 17.1 Å². The number of halogens is 2. The van der Waals surface area contributed by atoms with E-state index in [0.717, 1.165) is 41.0 Å². The molecular formula is C29H35Cl2N5O5. The number of likely N-dealkylation sites (N-methyl/N-ethyl adjacent to an activating group) is 1. The number of fused-ring (bicyclic) bond motifs is 1. The molecular weight excluding hydrogens is 569 g/mol. The van der Waals surface area contributed by atoms with Crippen LogP contribution >= 0.6 is 23.2 Å². The van der Waals surface area contributed by atoms with E-state index in [1.165, 1.54) is 6.33 Å². The molecule has 2 amide bonds. The first kappa shape index (κ1) is 31.0. The molecule has 0 saturated carbocycles. The summed E-state index contributed by atoms with van der Waals surface area (Å²) in [6.45, 7) is 4.89. The Kier molecular flexibility index (Phi) is 12.0. The van der Waals surface area contributed by atoms with Gasteiger partial charge in [0.25, 0.3) is 0 Å². The number of ether oxygens (including phenoxy) is 4. The average Bonchev–Trinajstić information content (AvgIpc) is 2.95. The third-order valence-electron chi connectivity index (χ3n) is 6.49. The number of urea groups is 1. The van der Waals surface area contributed by atoms with E-state index in [-0.39, 0.29) is 5.92 Å². The monoisotopic (exact) mass is 603 g/mol. The largest absolute Gasteiger partial charge is 0.475 e. The number of carbonyl (C=O) groups is 1. The van der Waals surface area contributed by atoms with Crippen LogP contribution in [0.2, 0.25) is 10.0 Å². The summed E-state index contributed by atoms with van der Waals surface area (Å²) in [5.74, 6) is 0.612. The Morgan fingerprint density at radius 2 is 1.73 bits per heavy atom. The molecule has 10 nitrogen and oxygen atoms in total. The van der Waals surface area contributed by atoms with Crippen LogP contribution in [0.5, 0.6) is 5.88 Å². The molecule has 1 aliphatic rings. The van der Waals surface area contributed by atoms with Crippen LogP contribution in [0.4, 0.5) is 4.79 Å². The highest BCUT2D eigenvalue weighted by Gasteiger charge is 2.27. The Balaban J connectivity index is 1.23. The summed E-state index contributed by atoms with van der Waals surface area (Å²) in [5, 5.41) is 3.79. The molecule has 3 N–H and O–H groups in total. The van der Waals surface area contributed by atoms with Gasteiger partial charge in [0.1, 0.15) is 12.9 Å². The van der Waals surface area contributed by atoms with Crippen LogP contribution in [0.3, 0.4) is 0 Å². The number of hydrogen-bond acceptors (Lipinski definition) is 8. The van der Waals surface area contributed by atoms with Crippen molar-refractivity contribution >= 4 is 29.2 Å². The molecule has 3 aromatic rings. The fourth-order valence-corrected chi connectivity index (χ4v) is 5.18. The third-order valence-corrected chi connectivity index (χ3v) is 7.04. The lowest BCUT2D eigenvalue weighted by atomic mass is 9.84. The zero-order valence-electron chi connectivity index (χ0n) is 23.0. The molecule has 1 aliphatic heterocycles. The molecule has 12 heteroatoms. The second-order valence-corrected chi connectivity index (χ2v) is 10.4. The number of rotatable bonds is 15. The SMILES string of the molecule is CN1Cc2c(Cl)cc(Cl)cc2[C@H](c2cccc(-c3cc(OCCOCCOCCOCCNC(N)=O)ncn3)c2)C1. The molecule has 0 radical (unpaired) electrons. The number of hydrogen-bond donors (Lipinski definition) is 2. The van der Waals surface area contributed by atoms with Crippen molar-refractivity contribution in [2.75, 3.05) is 66.4 Å². The maximum Gasteiger partial charge on any atom is 0.312 e. The van der Waals surface area contributed by atoms with Gasteiger partial charge < -0.3 is 34.9 Å². The van der Waals surface area contributed by atoms with Gasteiger partial charge in [0.2, 0.25) is 5.88 Å². The predicted octanol–water partition coefficient (Wildman–Crippen LogP) is 4.12. The van der Waals surface area contributed by atoms with Crippen LogP contribution in [0, 0.1) is 0 Å². The van der Waals surface area contributed by atoms with Gasteiger partial charge in [-0.1, -0.05) is 41.4 Å². The maximum absolute atomic E-state index is 10.5. The second-order valence-electron chi connectivity index (χ2n) is 9.55. The Labute approximate surface area is 250 Å². The van der Waals surface area contributed by atoms with Crippen LogP contribution in [0.1, 0.15) is 22.6 Å². The van der Waals surface area contributed by atoms with E-state index in [1.807, 2.05) is 30.3 Å². The van der Waals surface area contributed by atoms with Gasteiger partial charge in [0, 0.05) is 47.2 Å². The predicted molar refractivity (Wildman–Crippen MR) is 158 cm³/mol. The number of aromatic nitrogens is 2. The van der Waals surface area contributed by atoms with Gasteiger partial charge in [0.05, 0.1) is 45.3 Å². The summed E-state index contributed by atoms with van der Waals surface area (Å²) in [7, 11) is 2.10. The number of carbonyl (C=O) groups excluding carboxylic acids is 1. The zero-order valence-corrected chi connectivity index (χ0v) is 24.5.